The minimum atomic E-state index is -1.15. The summed E-state index contributed by atoms with van der Waals surface area (Å²) >= 11 is 0. The zero-order valence-electron chi connectivity index (χ0n) is 23.1. The van der Waals surface area contributed by atoms with Crippen molar-refractivity contribution in [2.75, 3.05) is 13.2 Å². The minimum Gasteiger partial charge on any atom is -0.478 e. The molecule has 0 atom stereocenters. The number of carbonyl (C=O) groups excluding carboxylic acids is 2. The number of carboxylic acid groups (broad SMARTS) is 1. The molecule has 0 aliphatic heterocycles. The van der Waals surface area contributed by atoms with Gasteiger partial charge in [0, 0.05) is 37.3 Å². The number of alkyl carbamates (subject to hydrolysis) is 2. The topological polar surface area (TPSA) is 166 Å². The van der Waals surface area contributed by atoms with Gasteiger partial charge in [0.1, 0.15) is 0 Å². The van der Waals surface area contributed by atoms with Gasteiger partial charge >= 0.3 is 18.2 Å². The van der Waals surface area contributed by atoms with E-state index in [0.29, 0.717) is 24.2 Å². The molecular formula is C31H32Cl2N4O6. The van der Waals surface area contributed by atoms with Gasteiger partial charge in [-0.3, -0.25) is 0 Å². The Morgan fingerprint density at radius 1 is 0.651 bits per heavy atom. The van der Waals surface area contributed by atoms with Crippen LogP contribution in [0.1, 0.15) is 43.7 Å². The molecule has 0 saturated heterocycles. The van der Waals surface area contributed by atoms with E-state index in [-0.39, 0.29) is 56.7 Å². The van der Waals surface area contributed by atoms with E-state index >= 15 is 0 Å². The highest BCUT2D eigenvalue weighted by Gasteiger charge is 2.06. The van der Waals surface area contributed by atoms with Crippen molar-refractivity contribution < 1.29 is 29.0 Å². The van der Waals surface area contributed by atoms with Crippen molar-refractivity contribution in [1.29, 1.82) is 0 Å². The Morgan fingerprint density at radius 2 is 1.02 bits per heavy atom. The van der Waals surface area contributed by atoms with Crippen molar-refractivity contribution in [3.8, 4) is 23.7 Å². The summed E-state index contributed by atoms with van der Waals surface area (Å²) in [5.41, 5.74) is 15.6. The zero-order chi connectivity index (χ0) is 29.5. The van der Waals surface area contributed by atoms with E-state index < -0.39 is 18.2 Å². The van der Waals surface area contributed by atoms with Crippen molar-refractivity contribution in [2.45, 2.75) is 26.2 Å². The second-order valence-electron chi connectivity index (χ2n) is 8.61. The van der Waals surface area contributed by atoms with Gasteiger partial charge in [0.15, 0.2) is 13.2 Å². The van der Waals surface area contributed by atoms with E-state index in [0.717, 1.165) is 22.3 Å². The lowest BCUT2D eigenvalue weighted by atomic mass is 10.1. The lowest BCUT2D eigenvalue weighted by Gasteiger charge is -2.05. The third-order valence-corrected chi connectivity index (χ3v) is 5.59. The molecule has 0 heterocycles. The largest absolute Gasteiger partial charge is 0.478 e. The monoisotopic (exact) mass is 626 g/mol. The van der Waals surface area contributed by atoms with Crippen LogP contribution in [0, 0.1) is 23.7 Å². The smallest absolute Gasteiger partial charge is 0.408 e. The molecule has 3 aromatic rings. The number of hydrogen-bond acceptors (Lipinski definition) is 7. The first kappa shape index (κ1) is 36.3. The Balaban J connectivity index is 0.00000462. The van der Waals surface area contributed by atoms with Crippen LogP contribution < -0.4 is 22.1 Å². The van der Waals surface area contributed by atoms with Crippen molar-refractivity contribution in [1.82, 2.24) is 10.6 Å². The van der Waals surface area contributed by atoms with E-state index in [4.69, 9.17) is 20.9 Å². The number of benzene rings is 3. The highest BCUT2D eigenvalue weighted by Crippen LogP contribution is 2.10. The molecule has 0 spiro atoms. The molecule has 0 aliphatic rings. The van der Waals surface area contributed by atoms with Gasteiger partial charge in [-0.15, -0.1) is 24.8 Å². The average molecular weight is 628 g/mol. The Hall–Kier alpha value is -4.71. The molecule has 3 aromatic carbocycles. The molecule has 0 radical (unpaired) electrons. The number of carbonyl (C=O) groups is 3. The number of carboxylic acids is 1. The Morgan fingerprint density at radius 3 is 1.37 bits per heavy atom. The molecule has 43 heavy (non-hydrogen) atoms. The number of aromatic carboxylic acids is 1. The zero-order valence-corrected chi connectivity index (χ0v) is 24.7. The maximum absolute atomic E-state index is 11.9. The molecule has 226 valence electrons. The van der Waals surface area contributed by atoms with Crippen LogP contribution in [-0.4, -0.2) is 36.5 Å². The van der Waals surface area contributed by atoms with Gasteiger partial charge < -0.3 is 36.7 Å². The van der Waals surface area contributed by atoms with E-state index in [1.807, 2.05) is 48.5 Å². The maximum Gasteiger partial charge on any atom is 0.408 e. The molecule has 0 bridgehead atoms. The third kappa shape index (κ3) is 13.2. The fraction of sp³-hybridized carbons (Fsp3) is 0.194. The fourth-order valence-corrected chi connectivity index (χ4v) is 3.41. The van der Waals surface area contributed by atoms with E-state index in [1.54, 1.807) is 6.07 Å². The van der Waals surface area contributed by atoms with Crippen LogP contribution >= 0.6 is 24.8 Å². The summed E-state index contributed by atoms with van der Waals surface area (Å²) in [5, 5.41) is 14.7. The SMILES string of the molecule is Cl.Cl.NCc1ccc(CNC(=O)OCC#Cc2cc(C#CCOC(=O)NCc3ccc(CN)cc3)cc(C(=O)O)c2)cc1. The molecule has 0 fully saturated rings. The molecule has 10 nitrogen and oxygen atoms in total. The second-order valence-corrected chi connectivity index (χ2v) is 8.61. The van der Waals surface area contributed by atoms with Crippen molar-refractivity contribution >= 4 is 43.0 Å². The van der Waals surface area contributed by atoms with Crippen molar-refractivity contribution in [3.63, 3.8) is 0 Å². The van der Waals surface area contributed by atoms with Crippen molar-refractivity contribution in [2.24, 2.45) is 11.5 Å². The highest BCUT2D eigenvalue weighted by atomic mass is 35.5. The number of amides is 2. The standard InChI is InChI=1S/C31H30N4O6.2ClH/c32-18-22-5-9-24(10-6-22)20-34-30(38)40-13-1-3-26-15-27(17-28(16-26)29(36)37)4-2-14-41-31(39)35-21-25-11-7-23(19-33)8-12-25;;/h5-12,15-17H,13-14,18-21,32-33H2,(H,34,38)(H,35,39)(H,36,37);2*1H. The quantitative estimate of drug-likeness (QED) is 0.224. The molecule has 0 aromatic heterocycles. The lowest BCUT2D eigenvalue weighted by Crippen LogP contribution is -2.23. The number of ether oxygens (including phenoxy) is 2. The Labute approximate surface area is 262 Å². The van der Waals surface area contributed by atoms with Crippen LogP contribution in [0.5, 0.6) is 0 Å². The number of nitrogens with one attached hydrogen (secondary N) is 2. The summed E-state index contributed by atoms with van der Waals surface area (Å²) in [6.07, 6.45) is -1.27. The van der Waals surface area contributed by atoms with Crippen molar-refractivity contribution in [3.05, 3.63) is 106 Å². The molecule has 0 saturated carbocycles. The van der Waals surface area contributed by atoms with Gasteiger partial charge in [0.2, 0.25) is 0 Å². The summed E-state index contributed by atoms with van der Waals surface area (Å²) < 4.78 is 10.1. The summed E-state index contributed by atoms with van der Waals surface area (Å²) in [7, 11) is 0. The first-order valence-electron chi connectivity index (χ1n) is 12.6. The van der Waals surface area contributed by atoms with E-state index in [2.05, 4.69) is 34.3 Å². The molecule has 2 amide bonds. The molecule has 0 aliphatic carbocycles. The van der Waals surface area contributed by atoms with Crippen LogP contribution in [0.15, 0.2) is 66.7 Å². The first-order chi connectivity index (χ1) is 19.9. The van der Waals surface area contributed by atoms with Gasteiger partial charge in [0.05, 0.1) is 5.56 Å². The molecule has 0 unspecified atom stereocenters. The van der Waals surface area contributed by atoms with Crippen LogP contribution in [0.2, 0.25) is 0 Å². The van der Waals surface area contributed by atoms with E-state index in [9.17, 15) is 19.5 Å². The summed E-state index contributed by atoms with van der Waals surface area (Å²) in [6, 6.07) is 19.3. The maximum atomic E-state index is 11.9. The average Bonchev–Trinajstić information content (AvgIpc) is 2.99. The van der Waals surface area contributed by atoms with Crippen LogP contribution in [-0.2, 0) is 35.7 Å². The van der Waals surface area contributed by atoms with Gasteiger partial charge in [-0.25, -0.2) is 14.4 Å². The van der Waals surface area contributed by atoms with Gasteiger partial charge in [0.25, 0.3) is 0 Å². The minimum absolute atomic E-state index is 0. The van der Waals surface area contributed by atoms with Gasteiger partial charge in [-0.1, -0.05) is 72.2 Å². The predicted molar refractivity (Wildman–Crippen MR) is 167 cm³/mol. The Kier molecular flexibility index (Phi) is 16.4. The van der Waals surface area contributed by atoms with Gasteiger partial charge in [-0.2, -0.15) is 0 Å². The molecule has 7 N–H and O–H groups in total. The number of hydrogen-bond donors (Lipinski definition) is 5. The summed E-state index contributed by atoms with van der Waals surface area (Å²) in [5.74, 6) is 9.76. The van der Waals surface area contributed by atoms with Gasteiger partial charge in [-0.05, 0) is 40.5 Å². The molecule has 3 rings (SSSR count). The molecular weight excluding hydrogens is 595 g/mol. The second kappa shape index (κ2) is 19.4. The van der Waals surface area contributed by atoms with Crippen LogP contribution in [0.4, 0.5) is 9.59 Å². The molecule has 12 heteroatoms. The fourth-order valence-electron chi connectivity index (χ4n) is 3.41. The summed E-state index contributed by atoms with van der Waals surface area (Å²) in [6.45, 7) is 1.06. The first-order valence-corrected chi connectivity index (χ1v) is 12.6. The number of halogens is 2. The Bertz CT molecular complexity index is 1390. The normalized spacial score (nSPS) is 9.35. The van der Waals surface area contributed by atoms with E-state index in [1.165, 1.54) is 12.1 Å². The summed E-state index contributed by atoms with van der Waals surface area (Å²) in [4.78, 5) is 35.4. The van der Waals surface area contributed by atoms with Crippen LogP contribution in [0.3, 0.4) is 0 Å². The number of nitrogens with two attached hydrogens (primary N) is 2. The van der Waals surface area contributed by atoms with Crippen LogP contribution in [0.25, 0.3) is 0 Å². The predicted octanol–water partition coefficient (Wildman–Crippen LogP) is 3.70. The number of rotatable bonds is 9. The highest BCUT2D eigenvalue weighted by molar-refractivity contribution is 5.88. The lowest BCUT2D eigenvalue weighted by molar-refractivity contribution is 0.0696. The third-order valence-electron chi connectivity index (χ3n) is 5.59.